The lowest BCUT2D eigenvalue weighted by molar-refractivity contribution is -0.143. The number of nitrogens with one attached hydrogen (secondary N) is 1. The molecule has 14 heteroatoms. The number of benzene rings is 2. The third-order valence-electron chi connectivity index (χ3n) is 7.04. The lowest BCUT2D eigenvalue weighted by Crippen LogP contribution is -2.56. The zero-order valence-electron chi connectivity index (χ0n) is 20.9. The van der Waals surface area contributed by atoms with Gasteiger partial charge in [-0.25, -0.2) is 9.97 Å². The first-order chi connectivity index (χ1) is 18.9. The van der Waals surface area contributed by atoms with E-state index in [2.05, 4.69) is 15.0 Å². The first-order valence-corrected chi connectivity index (χ1v) is 13.1. The molecular weight excluding hydrogens is 555 g/mol. The SMILES string of the molecule is CC1CN(c2sc(C(F)(F)F)nc2-c2nc3ccccc3[nH]2)CCN1C(=O)CN1C(=O)C(F)(F)c2ccccc21. The zero-order valence-corrected chi connectivity index (χ0v) is 21.7. The smallest absolute Gasteiger partial charge is 0.358 e. The molecule has 0 saturated carbocycles. The van der Waals surface area contributed by atoms with Crippen LogP contribution in [0.5, 0.6) is 0 Å². The number of anilines is 2. The number of aromatic nitrogens is 3. The van der Waals surface area contributed by atoms with Crippen LogP contribution in [0.2, 0.25) is 0 Å². The van der Waals surface area contributed by atoms with Gasteiger partial charge >= 0.3 is 18.0 Å². The number of aromatic amines is 1. The highest BCUT2D eigenvalue weighted by atomic mass is 32.1. The molecule has 2 aromatic carbocycles. The molecule has 208 valence electrons. The van der Waals surface area contributed by atoms with Gasteiger partial charge in [-0.2, -0.15) is 22.0 Å². The number of rotatable bonds is 4. The van der Waals surface area contributed by atoms with Gasteiger partial charge in [-0.15, -0.1) is 0 Å². The van der Waals surface area contributed by atoms with Crippen LogP contribution in [0.15, 0.2) is 48.5 Å². The predicted molar refractivity (Wildman–Crippen MR) is 138 cm³/mol. The average Bonchev–Trinajstić information content (AvgIpc) is 3.59. The Morgan fingerprint density at radius 1 is 1.10 bits per heavy atom. The number of imidazole rings is 1. The zero-order chi connectivity index (χ0) is 28.4. The van der Waals surface area contributed by atoms with Crippen molar-refractivity contribution >= 4 is 44.9 Å². The van der Waals surface area contributed by atoms with Crippen LogP contribution in [0.25, 0.3) is 22.6 Å². The number of carbonyl (C=O) groups excluding carboxylic acids is 2. The van der Waals surface area contributed by atoms with Gasteiger partial charge in [0.15, 0.2) is 5.82 Å². The van der Waals surface area contributed by atoms with Gasteiger partial charge in [0.05, 0.1) is 22.3 Å². The molecule has 0 aliphatic carbocycles. The van der Waals surface area contributed by atoms with Gasteiger partial charge < -0.3 is 14.8 Å². The maximum Gasteiger partial charge on any atom is 0.443 e. The summed E-state index contributed by atoms with van der Waals surface area (Å²) in [4.78, 5) is 40.9. The molecule has 0 bridgehead atoms. The molecule has 2 aliphatic heterocycles. The molecule has 2 aliphatic rings. The maximum absolute atomic E-state index is 14.5. The van der Waals surface area contributed by atoms with Crippen molar-refractivity contribution in [3.05, 3.63) is 59.1 Å². The van der Waals surface area contributed by atoms with E-state index in [1.165, 1.54) is 23.1 Å². The lowest BCUT2D eigenvalue weighted by atomic mass is 10.1. The minimum Gasteiger partial charge on any atom is -0.358 e. The summed E-state index contributed by atoms with van der Waals surface area (Å²) >= 11 is 0.498. The number of piperazine rings is 1. The minimum absolute atomic E-state index is 0.0167. The quantitative estimate of drug-likeness (QED) is 0.350. The van der Waals surface area contributed by atoms with Gasteiger partial charge in [-0.05, 0) is 25.1 Å². The highest BCUT2D eigenvalue weighted by molar-refractivity contribution is 7.16. The summed E-state index contributed by atoms with van der Waals surface area (Å²) in [6.07, 6.45) is -4.66. The number of halogens is 5. The molecule has 40 heavy (non-hydrogen) atoms. The molecule has 1 atom stereocenters. The molecule has 0 radical (unpaired) electrons. The number of thiazole rings is 1. The summed E-state index contributed by atoms with van der Waals surface area (Å²) < 4.78 is 70.0. The molecule has 2 aromatic heterocycles. The van der Waals surface area contributed by atoms with Gasteiger partial charge in [0.25, 0.3) is 0 Å². The van der Waals surface area contributed by atoms with Crippen LogP contribution < -0.4 is 9.80 Å². The van der Waals surface area contributed by atoms with Crippen molar-refractivity contribution < 1.29 is 31.5 Å². The van der Waals surface area contributed by atoms with E-state index in [-0.39, 0.29) is 41.8 Å². The summed E-state index contributed by atoms with van der Waals surface area (Å²) in [5.74, 6) is -5.53. The van der Waals surface area contributed by atoms with Crippen molar-refractivity contribution in [3.8, 4) is 11.5 Å². The van der Waals surface area contributed by atoms with E-state index in [1.54, 1.807) is 36.1 Å². The number of H-pyrrole nitrogens is 1. The second kappa shape index (κ2) is 9.25. The van der Waals surface area contributed by atoms with Crippen molar-refractivity contribution in [1.82, 2.24) is 19.9 Å². The molecule has 1 unspecified atom stereocenters. The van der Waals surface area contributed by atoms with Crippen LogP contribution in [0.4, 0.5) is 32.6 Å². The molecule has 0 spiro atoms. The Balaban J connectivity index is 1.24. The Morgan fingerprint density at radius 3 is 2.55 bits per heavy atom. The average molecular weight is 577 g/mol. The number of amides is 2. The Hall–Kier alpha value is -4.07. The van der Waals surface area contributed by atoms with Crippen molar-refractivity contribution in [3.63, 3.8) is 0 Å². The normalized spacial score (nSPS) is 19.0. The molecule has 2 amide bonds. The predicted octanol–water partition coefficient (Wildman–Crippen LogP) is 4.88. The third-order valence-corrected chi connectivity index (χ3v) is 8.20. The second-order valence-corrected chi connectivity index (χ2v) is 10.6. The van der Waals surface area contributed by atoms with E-state index in [1.807, 2.05) is 0 Å². The highest BCUT2D eigenvalue weighted by Crippen LogP contribution is 2.45. The van der Waals surface area contributed by atoms with E-state index in [0.717, 1.165) is 11.0 Å². The molecule has 1 saturated heterocycles. The first-order valence-electron chi connectivity index (χ1n) is 12.3. The molecule has 6 rings (SSSR count). The number of fused-ring (bicyclic) bond motifs is 2. The van der Waals surface area contributed by atoms with Gasteiger partial charge in [-0.1, -0.05) is 41.7 Å². The van der Waals surface area contributed by atoms with E-state index >= 15 is 0 Å². The van der Waals surface area contributed by atoms with Gasteiger partial charge in [0.1, 0.15) is 17.2 Å². The minimum atomic E-state index is -4.66. The third kappa shape index (κ3) is 4.26. The summed E-state index contributed by atoms with van der Waals surface area (Å²) in [7, 11) is 0. The van der Waals surface area contributed by atoms with Crippen LogP contribution >= 0.6 is 11.3 Å². The summed E-state index contributed by atoms with van der Waals surface area (Å²) in [5.41, 5.74) is 0.822. The van der Waals surface area contributed by atoms with Crippen molar-refractivity contribution in [1.29, 1.82) is 0 Å². The van der Waals surface area contributed by atoms with Crippen molar-refractivity contribution in [2.75, 3.05) is 36.0 Å². The largest absolute Gasteiger partial charge is 0.443 e. The van der Waals surface area contributed by atoms with Crippen molar-refractivity contribution in [2.24, 2.45) is 0 Å². The second-order valence-electron chi connectivity index (χ2n) is 9.64. The molecule has 1 fully saturated rings. The molecule has 1 N–H and O–H groups in total. The Bertz CT molecular complexity index is 1600. The van der Waals surface area contributed by atoms with Crippen LogP contribution in [-0.2, 0) is 21.7 Å². The van der Waals surface area contributed by atoms with Crippen LogP contribution in [0.3, 0.4) is 0 Å². The van der Waals surface area contributed by atoms with Gasteiger partial charge in [0.2, 0.25) is 10.9 Å². The van der Waals surface area contributed by atoms with E-state index in [0.29, 0.717) is 22.4 Å². The summed E-state index contributed by atoms with van der Waals surface area (Å²) in [5, 5.41) is -0.759. The fraction of sp³-hybridized carbons (Fsp3) is 0.308. The van der Waals surface area contributed by atoms with Gasteiger partial charge in [-0.3, -0.25) is 14.5 Å². The number of para-hydroxylation sites is 3. The number of carbonyl (C=O) groups is 2. The summed E-state index contributed by atoms with van der Waals surface area (Å²) in [6.45, 7) is 1.59. The monoisotopic (exact) mass is 576 g/mol. The fourth-order valence-electron chi connectivity index (χ4n) is 5.13. The molecule has 4 heterocycles. The molecule has 8 nitrogen and oxygen atoms in total. The standard InChI is InChI=1S/C26H21F5N6O2S/c1-14-12-35(10-11-36(14)19(38)13-37-18-9-5-2-6-15(18)25(27,28)24(37)39)22-20(34-23(40-22)26(29,30)31)21-32-16-7-3-4-8-17(16)33-21/h2-9,14H,10-13H2,1H3,(H,32,33). The maximum atomic E-state index is 14.5. The first kappa shape index (κ1) is 26.2. The van der Waals surface area contributed by atoms with E-state index in [9.17, 15) is 31.5 Å². The number of hydrogen-bond donors (Lipinski definition) is 1. The van der Waals surface area contributed by atoms with Crippen LogP contribution in [0, 0.1) is 0 Å². The van der Waals surface area contributed by atoms with E-state index in [4.69, 9.17) is 0 Å². The Morgan fingerprint density at radius 2 is 1.82 bits per heavy atom. The molecule has 4 aromatic rings. The Labute approximate surface area is 228 Å². The van der Waals surface area contributed by atoms with Crippen LogP contribution in [0.1, 0.15) is 17.5 Å². The number of hydrogen-bond acceptors (Lipinski definition) is 6. The number of nitrogens with zero attached hydrogens (tertiary/aromatic N) is 5. The topological polar surface area (TPSA) is 85.4 Å². The van der Waals surface area contributed by atoms with Crippen LogP contribution in [-0.4, -0.2) is 63.9 Å². The summed E-state index contributed by atoms with van der Waals surface area (Å²) in [6, 6.07) is 12.0. The highest BCUT2D eigenvalue weighted by Gasteiger charge is 2.53. The number of alkyl halides is 5. The van der Waals surface area contributed by atoms with Gasteiger partial charge in [0, 0.05) is 25.7 Å². The fourth-order valence-corrected chi connectivity index (χ4v) is 6.10. The Kier molecular flexibility index (Phi) is 6.05. The lowest BCUT2D eigenvalue weighted by Gasteiger charge is -2.41. The molecular formula is C26H21F5N6O2S. The van der Waals surface area contributed by atoms with E-state index < -0.39 is 47.1 Å². The van der Waals surface area contributed by atoms with Crippen molar-refractivity contribution in [2.45, 2.75) is 25.1 Å².